The van der Waals surface area contributed by atoms with Gasteiger partial charge in [-0.2, -0.15) is 0 Å². The van der Waals surface area contributed by atoms with E-state index in [1.54, 1.807) is 25.1 Å². The highest BCUT2D eigenvalue weighted by molar-refractivity contribution is 6.10. The van der Waals surface area contributed by atoms with Crippen molar-refractivity contribution in [3.8, 4) is 0 Å². The monoisotopic (exact) mass is 401 g/mol. The molecule has 3 rings (SSSR count). The van der Waals surface area contributed by atoms with Crippen molar-refractivity contribution >= 4 is 29.5 Å². The SMILES string of the molecule is CCOC(=O)c1cccc(NC(=O)CN2C(=O)NC3(CCC(CC)CC3)C2=O)c1. The van der Waals surface area contributed by atoms with Gasteiger partial charge in [-0.25, -0.2) is 9.59 Å². The first-order chi connectivity index (χ1) is 13.9. The third-order valence-corrected chi connectivity index (χ3v) is 5.74. The zero-order valence-electron chi connectivity index (χ0n) is 16.8. The number of esters is 1. The Morgan fingerprint density at radius 3 is 2.62 bits per heavy atom. The van der Waals surface area contributed by atoms with E-state index in [1.165, 1.54) is 6.07 Å². The molecule has 1 saturated heterocycles. The van der Waals surface area contributed by atoms with Gasteiger partial charge in [-0.05, 0) is 56.7 Å². The van der Waals surface area contributed by atoms with Crippen molar-refractivity contribution < 1.29 is 23.9 Å². The van der Waals surface area contributed by atoms with E-state index in [9.17, 15) is 19.2 Å². The highest BCUT2D eigenvalue weighted by Gasteiger charge is 2.52. The maximum absolute atomic E-state index is 12.9. The van der Waals surface area contributed by atoms with Crippen LogP contribution >= 0.6 is 0 Å². The summed E-state index contributed by atoms with van der Waals surface area (Å²) >= 11 is 0. The molecule has 1 aliphatic heterocycles. The number of carbonyl (C=O) groups is 4. The molecule has 8 heteroatoms. The summed E-state index contributed by atoms with van der Waals surface area (Å²) in [5.41, 5.74) is -0.163. The number of amides is 4. The topological polar surface area (TPSA) is 105 Å². The summed E-state index contributed by atoms with van der Waals surface area (Å²) in [5.74, 6) is -0.738. The van der Waals surface area contributed by atoms with Crippen LogP contribution in [0.5, 0.6) is 0 Å². The average molecular weight is 401 g/mol. The molecule has 0 radical (unpaired) electrons. The number of anilines is 1. The number of hydrogen-bond donors (Lipinski definition) is 2. The summed E-state index contributed by atoms with van der Waals surface area (Å²) in [6, 6.07) is 5.80. The molecular formula is C21H27N3O5. The molecule has 0 unspecified atom stereocenters. The summed E-state index contributed by atoms with van der Waals surface area (Å²) in [7, 11) is 0. The summed E-state index contributed by atoms with van der Waals surface area (Å²) in [5, 5.41) is 5.45. The molecule has 1 spiro atoms. The van der Waals surface area contributed by atoms with E-state index in [0.717, 1.165) is 24.2 Å². The Bertz CT molecular complexity index is 814. The zero-order valence-corrected chi connectivity index (χ0v) is 16.8. The summed E-state index contributed by atoms with van der Waals surface area (Å²) in [6.07, 6.45) is 4.06. The van der Waals surface area contributed by atoms with Crippen LogP contribution in [0.4, 0.5) is 10.5 Å². The number of rotatable bonds is 6. The second-order valence-electron chi connectivity index (χ2n) is 7.60. The maximum Gasteiger partial charge on any atom is 0.338 e. The minimum atomic E-state index is -0.868. The van der Waals surface area contributed by atoms with E-state index in [1.807, 2.05) is 0 Å². The molecule has 1 aliphatic carbocycles. The largest absolute Gasteiger partial charge is 0.462 e. The van der Waals surface area contributed by atoms with E-state index < -0.39 is 23.4 Å². The lowest BCUT2D eigenvalue weighted by Gasteiger charge is -2.34. The summed E-state index contributed by atoms with van der Waals surface area (Å²) in [6.45, 7) is 3.73. The molecule has 1 aromatic rings. The number of benzene rings is 1. The van der Waals surface area contributed by atoms with Crippen molar-refractivity contribution in [1.82, 2.24) is 10.2 Å². The molecule has 0 bridgehead atoms. The molecule has 2 fully saturated rings. The van der Waals surface area contributed by atoms with Gasteiger partial charge in [0.1, 0.15) is 12.1 Å². The standard InChI is InChI=1S/C21H27N3O5/c1-3-14-8-10-21(11-9-14)19(27)24(20(28)23-21)13-17(25)22-16-7-5-6-15(12-16)18(26)29-4-2/h5-7,12,14H,3-4,8-11,13H2,1-2H3,(H,22,25)(H,23,28). The summed E-state index contributed by atoms with van der Waals surface area (Å²) in [4.78, 5) is 50.5. The quantitative estimate of drug-likeness (QED) is 0.563. The number of carbonyl (C=O) groups excluding carboxylic acids is 4. The van der Waals surface area contributed by atoms with Crippen LogP contribution in [0.2, 0.25) is 0 Å². The van der Waals surface area contributed by atoms with Crippen molar-refractivity contribution in [2.24, 2.45) is 5.92 Å². The molecule has 1 heterocycles. The molecule has 8 nitrogen and oxygen atoms in total. The van der Waals surface area contributed by atoms with Crippen molar-refractivity contribution in [3.63, 3.8) is 0 Å². The fourth-order valence-electron chi connectivity index (χ4n) is 4.02. The van der Waals surface area contributed by atoms with Crippen LogP contribution in [-0.2, 0) is 14.3 Å². The molecular weight excluding hydrogens is 374 g/mol. The number of ether oxygens (including phenoxy) is 1. The predicted octanol–water partition coefficient (Wildman–Crippen LogP) is 2.69. The second-order valence-corrected chi connectivity index (χ2v) is 7.60. The predicted molar refractivity (Wildman–Crippen MR) is 106 cm³/mol. The Labute approximate surface area is 170 Å². The Morgan fingerprint density at radius 2 is 1.97 bits per heavy atom. The van der Waals surface area contributed by atoms with E-state index in [2.05, 4.69) is 17.6 Å². The Kier molecular flexibility index (Phi) is 6.20. The molecule has 0 aromatic heterocycles. The lowest BCUT2D eigenvalue weighted by atomic mass is 9.75. The Morgan fingerprint density at radius 1 is 1.24 bits per heavy atom. The first kappa shape index (κ1) is 20.8. The van der Waals surface area contributed by atoms with Gasteiger partial charge in [0.15, 0.2) is 0 Å². The van der Waals surface area contributed by atoms with E-state index >= 15 is 0 Å². The van der Waals surface area contributed by atoms with Gasteiger partial charge in [-0.1, -0.05) is 19.4 Å². The number of hydrogen-bond acceptors (Lipinski definition) is 5. The molecule has 2 aliphatic rings. The van der Waals surface area contributed by atoms with Gasteiger partial charge in [0.05, 0.1) is 12.2 Å². The molecule has 1 saturated carbocycles. The van der Waals surface area contributed by atoms with Crippen molar-refractivity contribution in [3.05, 3.63) is 29.8 Å². The van der Waals surface area contributed by atoms with Crippen LogP contribution in [-0.4, -0.2) is 47.4 Å². The van der Waals surface area contributed by atoms with Crippen LogP contribution in [0.15, 0.2) is 24.3 Å². The number of imide groups is 1. The molecule has 0 atom stereocenters. The van der Waals surface area contributed by atoms with Crippen molar-refractivity contribution in [2.45, 2.75) is 51.5 Å². The van der Waals surface area contributed by atoms with Gasteiger partial charge < -0.3 is 15.4 Å². The van der Waals surface area contributed by atoms with Gasteiger partial charge in [-0.15, -0.1) is 0 Å². The first-order valence-electron chi connectivity index (χ1n) is 10.1. The highest BCUT2D eigenvalue weighted by atomic mass is 16.5. The normalized spacial score (nSPS) is 23.8. The van der Waals surface area contributed by atoms with Crippen molar-refractivity contribution in [1.29, 1.82) is 0 Å². The summed E-state index contributed by atoms with van der Waals surface area (Å²) < 4.78 is 4.95. The lowest BCUT2D eigenvalue weighted by molar-refractivity contribution is -0.135. The van der Waals surface area contributed by atoms with Gasteiger partial charge >= 0.3 is 12.0 Å². The van der Waals surface area contributed by atoms with Gasteiger partial charge in [0.2, 0.25) is 5.91 Å². The number of nitrogens with one attached hydrogen (secondary N) is 2. The van der Waals surface area contributed by atoms with E-state index in [4.69, 9.17) is 4.74 Å². The van der Waals surface area contributed by atoms with Gasteiger partial charge in [0.25, 0.3) is 5.91 Å². The van der Waals surface area contributed by atoms with Crippen molar-refractivity contribution in [2.75, 3.05) is 18.5 Å². The van der Waals surface area contributed by atoms with Gasteiger partial charge in [0, 0.05) is 5.69 Å². The van der Waals surface area contributed by atoms with E-state index in [0.29, 0.717) is 30.0 Å². The Balaban J connectivity index is 1.62. The smallest absolute Gasteiger partial charge is 0.338 e. The third kappa shape index (κ3) is 4.41. The molecule has 1 aromatic carbocycles. The minimum absolute atomic E-state index is 0.252. The van der Waals surface area contributed by atoms with Crippen LogP contribution in [0.1, 0.15) is 56.3 Å². The number of nitrogens with zero attached hydrogens (tertiary/aromatic N) is 1. The van der Waals surface area contributed by atoms with Gasteiger partial charge in [-0.3, -0.25) is 14.5 Å². The average Bonchev–Trinajstić information content (AvgIpc) is 2.93. The Hall–Kier alpha value is -2.90. The molecule has 29 heavy (non-hydrogen) atoms. The maximum atomic E-state index is 12.9. The lowest BCUT2D eigenvalue weighted by Crippen LogP contribution is -2.49. The third-order valence-electron chi connectivity index (χ3n) is 5.74. The fraction of sp³-hybridized carbons (Fsp3) is 0.524. The highest BCUT2D eigenvalue weighted by Crippen LogP contribution is 2.37. The first-order valence-corrected chi connectivity index (χ1v) is 10.1. The number of urea groups is 1. The zero-order chi connectivity index (χ0) is 21.0. The van der Waals surface area contributed by atoms with Crippen LogP contribution in [0, 0.1) is 5.92 Å². The molecule has 2 N–H and O–H groups in total. The minimum Gasteiger partial charge on any atom is -0.462 e. The second kappa shape index (κ2) is 8.63. The fourth-order valence-corrected chi connectivity index (χ4v) is 4.02. The van der Waals surface area contributed by atoms with E-state index in [-0.39, 0.29) is 19.1 Å². The molecule has 4 amide bonds. The van der Waals surface area contributed by atoms with Crippen LogP contribution in [0.3, 0.4) is 0 Å². The van der Waals surface area contributed by atoms with Crippen LogP contribution in [0.25, 0.3) is 0 Å². The van der Waals surface area contributed by atoms with Crippen LogP contribution < -0.4 is 10.6 Å². The molecule has 156 valence electrons.